The number of pyridine rings is 1. The van der Waals surface area contributed by atoms with Gasteiger partial charge in [0.1, 0.15) is 18.1 Å². The number of hydrogen-bond donors (Lipinski definition) is 2. The summed E-state index contributed by atoms with van der Waals surface area (Å²) in [5, 5.41) is 3.88. The van der Waals surface area contributed by atoms with Crippen LogP contribution in [0, 0.1) is 0 Å². The molecule has 1 aromatic heterocycles. The molecule has 0 saturated carbocycles. The van der Waals surface area contributed by atoms with Crippen molar-refractivity contribution < 1.29 is 24.5 Å². The minimum absolute atomic E-state index is 0. The van der Waals surface area contributed by atoms with Crippen LogP contribution in [0.2, 0.25) is 10.0 Å². The van der Waals surface area contributed by atoms with Gasteiger partial charge in [-0.3, -0.25) is 14.7 Å². The van der Waals surface area contributed by atoms with Crippen molar-refractivity contribution >= 4 is 34.8 Å². The number of piperidine rings is 1. The number of methoxy groups -OCH3 is 2. The molecule has 176 valence electrons. The molecule has 0 spiro atoms. The van der Waals surface area contributed by atoms with Gasteiger partial charge in [0.2, 0.25) is 0 Å². The Morgan fingerprint density at radius 3 is 2.75 bits per heavy atom. The van der Waals surface area contributed by atoms with E-state index in [2.05, 4.69) is 15.2 Å². The zero-order valence-corrected chi connectivity index (χ0v) is 19.4. The quantitative estimate of drug-likeness (QED) is 0.545. The van der Waals surface area contributed by atoms with Crippen molar-refractivity contribution in [1.82, 2.24) is 15.2 Å². The van der Waals surface area contributed by atoms with Crippen LogP contribution in [0.15, 0.2) is 30.6 Å². The van der Waals surface area contributed by atoms with E-state index in [9.17, 15) is 4.79 Å². The highest BCUT2D eigenvalue weighted by molar-refractivity contribution is 6.33. The Bertz CT molecular complexity index is 918. The molecule has 2 unspecified atom stereocenters. The van der Waals surface area contributed by atoms with E-state index in [1.807, 2.05) is 0 Å². The molecule has 0 bridgehead atoms. The standard InChI is InChI=1S/C21H26Cl2N4O4.H2O/c1-29-19-9-17(24)16(23)8-15(19)21(28)26-18-3-4-27(12-20(18)30-2)5-6-31-14-7-13(22)10-25-11-14;/h7-11,18,20H,3-6,12,24H2,1-2H3,(H,26,28);1H2. The summed E-state index contributed by atoms with van der Waals surface area (Å²) in [6, 6.07) is 4.65. The SMILES string of the molecule is COc1cc(N)c(Cl)cc1C(=O)NC1CCN(CCOc2cncc(Cl)c2)CC1OC.O. The van der Waals surface area contributed by atoms with E-state index in [4.69, 9.17) is 43.1 Å². The Labute approximate surface area is 197 Å². The number of nitrogens with zero attached hydrogens (tertiary/aromatic N) is 2. The van der Waals surface area contributed by atoms with E-state index in [1.165, 1.54) is 13.2 Å². The lowest BCUT2D eigenvalue weighted by Gasteiger charge is -2.38. The molecule has 2 heterocycles. The predicted octanol–water partition coefficient (Wildman–Crippen LogP) is 2.05. The van der Waals surface area contributed by atoms with Gasteiger partial charge in [0.05, 0.1) is 46.7 Å². The maximum absolute atomic E-state index is 12.9. The van der Waals surface area contributed by atoms with E-state index in [0.717, 1.165) is 13.0 Å². The summed E-state index contributed by atoms with van der Waals surface area (Å²) >= 11 is 12.0. The number of halogens is 2. The molecule has 5 N–H and O–H groups in total. The summed E-state index contributed by atoms with van der Waals surface area (Å²) in [6.07, 6.45) is 3.75. The zero-order chi connectivity index (χ0) is 22.4. The average molecular weight is 487 g/mol. The molecule has 0 aliphatic carbocycles. The molecule has 0 radical (unpaired) electrons. The minimum atomic E-state index is -0.281. The number of carbonyl (C=O) groups is 1. The summed E-state index contributed by atoms with van der Waals surface area (Å²) in [4.78, 5) is 19.1. The Kier molecular flexibility index (Phi) is 9.80. The van der Waals surface area contributed by atoms with Crippen molar-refractivity contribution in [3.8, 4) is 11.5 Å². The third kappa shape index (κ3) is 6.60. The van der Waals surface area contributed by atoms with Crippen LogP contribution < -0.4 is 20.5 Å². The highest BCUT2D eigenvalue weighted by Gasteiger charge is 2.31. The van der Waals surface area contributed by atoms with E-state index >= 15 is 0 Å². The first kappa shape index (κ1) is 26.0. The summed E-state index contributed by atoms with van der Waals surface area (Å²) < 4.78 is 16.7. The molecule has 3 rings (SSSR count). The smallest absolute Gasteiger partial charge is 0.255 e. The largest absolute Gasteiger partial charge is 0.496 e. The van der Waals surface area contributed by atoms with Gasteiger partial charge in [0, 0.05) is 45.1 Å². The lowest BCUT2D eigenvalue weighted by molar-refractivity contribution is 0.00321. The molecule has 1 fully saturated rings. The van der Waals surface area contributed by atoms with Crippen LogP contribution >= 0.6 is 23.2 Å². The van der Waals surface area contributed by atoms with Gasteiger partial charge in [-0.2, -0.15) is 0 Å². The fourth-order valence-electron chi connectivity index (χ4n) is 3.51. The molecular weight excluding hydrogens is 459 g/mol. The number of nitrogen functional groups attached to an aromatic ring is 1. The molecule has 1 aliphatic heterocycles. The first-order chi connectivity index (χ1) is 14.9. The monoisotopic (exact) mass is 486 g/mol. The van der Waals surface area contributed by atoms with Crippen LogP contribution in [0.25, 0.3) is 0 Å². The van der Waals surface area contributed by atoms with Crippen molar-refractivity contribution in [2.45, 2.75) is 18.6 Å². The highest BCUT2D eigenvalue weighted by Crippen LogP contribution is 2.29. The number of ether oxygens (including phenoxy) is 3. The molecule has 1 saturated heterocycles. The van der Waals surface area contributed by atoms with Gasteiger partial charge in [-0.15, -0.1) is 0 Å². The lowest BCUT2D eigenvalue weighted by atomic mass is 10.0. The number of amides is 1. The number of anilines is 1. The Balaban J connectivity index is 0.00000363. The fourth-order valence-corrected chi connectivity index (χ4v) is 3.84. The van der Waals surface area contributed by atoms with Crippen LogP contribution in [0.5, 0.6) is 11.5 Å². The number of aromatic nitrogens is 1. The van der Waals surface area contributed by atoms with Gasteiger partial charge >= 0.3 is 0 Å². The Morgan fingerprint density at radius 1 is 1.28 bits per heavy atom. The van der Waals surface area contributed by atoms with E-state index < -0.39 is 0 Å². The molecule has 11 heteroatoms. The van der Waals surface area contributed by atoms with Crippen molar-refractivity contribution in [1.29, 1.82) is 0 Å². The third-order valence-corrected chi connectivity index (χ3v) is 5.72. The summed E-state index contributed by atoms with van der Waals surface area (Å²) in [5.74, 6) is 0.726. The number of benzene rings is 1. The zero-order valence-electron chi connectivity index (χ0n) is 17.9. The summed E-state index contributed by atoms with van der Waals surface area (Å²) in [6.45, 7) is 2.67. The summed E-state index contributed by atoms with van der Waals surface area (Å²) in [5.41, 5.74) is 6.49. The van der Waals surface area contributed by atoms with Crippen molar-refractivity contribution in [2.24, 2.45) is 0 Å². The number of likely N-dealkylation sites (tertiary alicyclic amines) is 1. The molecule has 1 aromatic carbocycles. The van der Waals surface area contributed by atoms with Gasteiger partial charge < -0.3 is 30.7 Å². The van der Waals surface area contributed by atoms with E-state index in [-0.39, 0.29) is 23.5 Å². The normalized spacial score (nSPS) is 18.5. The van der Waals surface area contributed by atoms with Gasteiger partial charge in [-0.05, 0) is 12.5 Å². The van der Waals surface area contributed by atoms with Crippen molar-refractivity contribution in [3.05, 3.63) is 46.2 Å². The number of nitrogens with two attached hydrogens (primary N) is 1. The fraction of sp³-hybridized carbons (Fsp3) is 0.429. The molecule has 32 heavy (non-hydrogen) atoms. The topological polar surface area (TPSA) is 130 Å². The van der Waals surface area contributed by atoms with Crippen LogP contribution in [-0.4, -0.2) is 73.9 Å². The Morgan fingerprint density at radius 2 is 2.06 bits per heavy atom. The molecular formula is C21H28Cl2N4O5. The number of rotatable bonds is 8. The van der Waals surface area contributed by atoms with Crippen LogP contribution in [0.3, 0.4) is 0 Å². The number of hydrogen-bond acceptors (Lipinski definition) is 7. The molecule has 1 aliphatic rings. The minimum Gasteiger partial charge on any atom is -0.496 e. The van der Waals surface area contributed by atoms with Crippen LogP contribution in [0.1, 0.15) is 16.8 Å². The van der Waals surface area contributed by atoms with Crippen molar-refractivity contribution in [3.63, 3.8) is 0 Å². The lowest BCUT2D eigenvalue weighted by Crippen LogP contribution is -2.55. The number of carbonyl (C=O) groups excluding carboxylic acids is 1. The van der Waals surface area contributed by atoms with Crippen LogP contribution in [-0.2, 0) is 4.74 Å². The highest BCUT2D eigenvalue weighted by atomic mass is 35.5. The first-order valence-electron chi connectivity index (χ1n) is 9.83. The molecule has 2 atom stereocenters. The summed E-state index contributed by atoms with van der Waals surface area (Å²) in [7, 11) is 3.12. The van der Waals surface area contributed by atoms with Gasteiger partial charge in [-0.1, -0.05) is 23.2 Å². The van der Waals surface area contributed by atoms with E-state index in [1.54, 1.807) is 31.6 Å². The average Bonchev–Trinajstić information content (AvgIpc) is 2.76. The van der Waals surface area contributed by atoms with Gasteiger partial charge in [0.25, 0.3) is 5.91 Å². The molecule has 1 amide bonds. The first-order valence-corrected chi connectivity index (χ1v) is 10.6. The number of nitrogens with one attached hydrogen (secondary N) is 1. The maximum atomic E-state index is 12.9. The second kappa shape index (κ2) is 12.1. The second-order valence-electron chi connectivity index (χ2n) is 7.20. The maximum Gasteiger partial charge on any atom is 0.255 e. The van der Waals surface area contributed by atoms with Crippen LogP contribution in [0.4, 0.5) is 5.69 Å². The Hall–Kier alpha value is -2.30. The van der Waals surface area contributed by atoms with E-state index in [0.29, 0.717) is 52.5 Å². The second-order valence-corrected chi connectivity index (χ2v) is 8.05. The van der Waals surface area contributed by atoms with Gasteiger partial charge in [-0.25, -0.2) is 0 Å². The van der Waals surface area contributed by atoms with Gasteiger partial charge in [0.15, 0.2) is 0 Å². The molecule has 2 aromatic rings. The predicted molar refractivity (Wildman–Crippen MR) is 124 cm³/mol. The molecule has 9 nitrogen and oxygen atoms in total. The third-order valence-electron chi connectivity index (χ3n) is 5.18. The van der Waals surface area contributed by atoms with Crippen molar-refractivity contribution in [2.75, 3.05) is 46.2 Å².